The molecule has 7 nitrogen and oxygen atoms in total. The Kier molecular flexibility index (Phi) is 11.9. The molecule has 5 heterocycles. The molecule has 0 unspecified atom stereocenters. The van der Waals surface area contributed by atoms with Crippen molar-refractivity contribution in [3.63, 3.8) is 0 Å². The molecule has 120 heavy (non-hydrogen) atoms. The number of anilines is 6. The summed E-state index contributed by atoms with van der Waals surface area (Å²) >= 11 is 0. The van der Waals surface area contributed by atoms with E-state index in [1.165, 1.54) is 9.13 Å². The van der Waals surface area contributed by atoms with Crippen LogP contribution in [0.2, 0.25) is 0 Å². The van der Waals surface area contributed by atoms with Crippen LogP contribution in [0, 0.1) is 17.9 Å². The van der Waals surface area contributed by atoms with Crippen LogP contribution < -0.4 is 26.2 Å². The summed E-state index contributed by atoms with van der Waals surface area (Å²) in [7, 11) is 0. The Morgan fingerprint density at radius 2 is 0.842 bits per heavy atom. The largest absolute Gasteiger partial charge is 0.456 e. The van der Waals surface area contributed by atoms with E-state index in [9.17, 15) is 27.2 Å². The average Bonchev–Trinajstić information content (AvgIpc) is 0.719. The summed E-state index contributed by atoms with van der Waals surface area (Å²) in [6.45, 7) is 13.7. The normalized spacial score (nSPS) is 14.4. The molecule has 558 valence electrons. The second-order valence-electron chi connectivity index (χ2n) is 31.9. The Hall–Kier alpha value is -15.7. The lowest BCUT2D eigenvalue weighted by molar-refractivity contribution is 0.591. The highest BCUT2D eigenvalue weighted by Crippen LogP contribution is 2.56. The predicted octanol–water partition coefficient (Wildman–Crippen LogP) is 28.5. The first kappa shape index (κ1) is 54.2. The van der Waals surface area contributed by atoms with Crippen LogP contribution in [-0.2, 0) is 5.41 Å². The third-order valence-electron chi connectivity index (χ3n) is 24.3. The number of hydrogen-bond donors (Lipinski definition) is 0. The lowest BCUT2D eigenvalue weighted by Gasteiger charge is -2.46. The third kappa shape index (κ3) is 10.5. The van der Waals surface area contributed by atoms with Gasteiger partial charge in [-0.3, -0.25) is 0 Å². The van der Waals surface area contributed by atoms with E-state index in [1.807, 2.05) is 164 Å². The Morgan fingerprint density at radius 1 is 0.358 bits per heavy atom. The molecule has 0 saturated carbocycles. The number of para-hydroxylation sites is 4. The topological polar surface area (TPSA) is 57.6 Å². The minimum Gasteiger partial charge on any atom is -0.456 e. The molecule has 19 aromatic carbocycles. The minimum atomic E-state index is -1.12. The first-order chi connectivity index (χ1) is 65.7. The number of nitriles is 1. The SMILES string of the molecule is [2H]c1c(-c2ccc3oc4ccccc4c3c2)c([2H])c2c3c1N(c1c(-c4ccccc4)cc(C(C)(C)C)cc1-c1ccccc1)c1cc(-n4c5c([2H])c([2H])c([2H])c([2H])c5c5c([2H])c(C#N)c([2H])c([2H])c54)ccc1B3c1ccc(-n3c4c([2H])c([2H])c([2H])c([2H])c4c4c([2H])c([N+]#[C-])c([2H])c([2H])c43)cc1N2c1c(-c2ccc3c(ccc4ccccc43)c2)cccc1-c1ccc2c(ccc3ccccc32)c1. The van der Waals surface area contributed by atoms with Gasteiger partial charge in [-0.2, -0.15) is 5.26 Å². The van der Waals surface area contributed by atoms with Gasteiger partial charge in [0.05, 0.1) is 70.8 Å². The van der Waals surface area contributed by atoms with Crippen LogP contribution in [0.5, 0.6) is 0 Å². The monoisotopic (exact) mass is 1540 g/mol. The number of fused-ring (bicyclic) bond motifs is 19. The first-order valence-electron chi connectivity index (χ1n) is 47.8. The highest BCUT2D eigenvalue weighted by molar-refractivity contribution is 7.00. The van der Waals surface area contributed by atoms with Crippen molar-refractivity contribution in [1.82, 2.24) is 9.13 Å². The zero-order chi connectivity index (χ0) is 93.7. The molecule has 0 saturated heterocycles. The Bertz CT molecular complexity index is 9120. The van der Waals surface area contributed by atoms with Gasteiger partial charge in [0.15, 0.2) is 5.69 Å². The first-order valence-corrected chi connectivity index (χ1v) is 39.8. The van der Waals surface area contributed by atoms with Crippen LogP contribution in [0.3, 0.4) is 0 Å². The Morgan fingerprint density at radius 3 is 1.41 bits per heavy atom. The van der Waals surface area contributed by atoms with Gasteiger partial charge < -0.3 is 23.4 Å². The molecular formula is C112H71BN6O. The second-order valence-corrected chi connectivity index (χ2v) is 31.9. The molecule has 3 aromatic heterocycles. The lowest BCUT2D eigenvalue weighted by atomic mass is 9.33. The fraction of sp³-hybridized carbons (Fsp3) is 0.0357. The lowest BCUT2D eigenvalue weighted by Crippen LogP contribution is -2.61. The van der Waals surface area contributed by atoms with E-state index in [2.05, 4.69) is 145 Å². The Balaban J connectivity index is 0.933. The molecule has 0 radical (unpaired) electrons. The van der Waals surface area contributed by atoms with E-state index in [4.69, 9.17) is 11.0 Å². The molecule has 22 aromatic rings. The van der Waals surface area contributed by atoms with E-state index in [0.29, 0.717) is 83.5 Å². The van der Waals surface area contributed by atoms with Gasteiger partial charge in [0, 0.05) is 86.1 Å². The molecule has 0 amide bonds. The summed E-state index contributed by atoms with van der Waals surface area (Å²) in [6.07, 6.45) is 0. The van der Waals surface area contributed by atoms with E-state index in [1.54, 1.807) is 12.1 Å². The van der Waals surface area contributed by atoms with E-state index in [0.717, 1.165) is 76.3 Å². The fourth-order valence-electron chi connectivity index (χ4n) is 18.8. The Labute approximate surface area is 716 Å². The molecule has 24 rings (SSSR count). The zero-order valence-corrected chi connectivity index (χ0v) is 64.7. The van der Waals surface area contributed by atoms with Gasteiger partial charge in [-0.05, 0) is 230 Å². The van der Waals surface area contributed by atoms with Gasteiger partial charge in [0.1, 0.15) is 11.2 Å². The number of rotatable bonds is 9. The van der Waals surface area contributed by atoms with E-state index >= 15 is 0 Å². The molecule has 0 spiro atoms. The second kappa shape index (κ2) is 26.4. The molecule has 2 aliphatic heterocycles. The number of nitrogens with zero attached hydrogens (tertiary/aromatic N) is 6. The van der Waals surface area contributed by atoms with Gasteiger partial charge in [-0.1, -0.05) is 275 Å². The third-order valence-corrected chi connectivity index (χ3v) is 24.3. The van der Waals surface area contributed by atoms with Crippen LogP contribution in [0.1, 0.15) is 53.8 Å². The van der Waals surface area contributed by atoms with Crippen molar-refractivity contribution in [1.29, 1.82) is 5.26 Å². The molecule has 0 aliphatic carbocycles. The van der Waals surface area contributed by atoms with Crippen molar-refractivity contribution in [3.8, 4) is 73.1 Å². The molecule has 0 bridgehead atoms. The number of furan rings is 1. The minimum absolute atomic E-state index is 0.119. The van der Waals surface area contributed by atoms with Crippen molar-refractivity contribution in [3.05, 3.63) is 398 Å². The summed E-state index contributed by atoms with van der Waals surface area (Å²) in [5.41, 5.74) is 10.5. The van der Waals surface area contributed by atoms with Gasteiger partial charge in [0.2, 0.25) is 0 Å². The van der Waals surface area contributed by atoms with Crippen LogP contribution >= 0.6 is 0 Å². The quantitative estimate of drug-likeness (QED) is 0.0821. The predicted molar refractivity (Wildman–Crippen MR) is 503 cm³/mol. The van der Waals surface area contributed by atoms with Crippen LogP contribution in [0.4, 0.5) is 39.8 Å². The van der Waals surface area contributed by atoms with Crippen molar-refractivity contribution >= 4 is 172 Å². The summed E-state index contributed by atoms with van der Waals surface area (Å²) in [5.74, 6) is 0. The van der Waals surface area contributed by atoms with E-state index < -0.39 is 108 Å². The number of benzene rings is 19. The number of hydrogen-bond acceptors (Lipinski definition) is 4. The summed E-state index contributed by atoms with van der Waals surface area (Å²) in [5, 5.41) is 19.6. The molecule has 2 aliphatic rings. The van der Waals surface area contributed by atoms with Crippen molar-refractivity contribution in [2.45, 2.75) is 26.2 Å². The van der Waals surface area contributed by atoms with Crippen LogP contribution in [-0.4, -0.2) is 15.8 Å². The smallest absolute Gasteiger partial charge is 0.252 e. The van der Waals surface area contributed by atoms with Gasteiger partial charge in [-0.25, -0.2) is 4.85 Å². The van der Waals surface area contributed by atoms with Crippen molar-refractivity contribution in [2.75, 3.05) is 9.80 Å². The summed E-state index contributed by atoms with van der Waals surface area (Å²) < 4.78 is 170. The van der Waals surface area contributed by atoms with Crippen molar-refractivity contribution in [2.24, 2.45) is 0 Å². The highest BCUT2D eigenvalue weighted by atomic mass is 16.3. The van der Waals surface area contributed by atoms with Gasteiger partial charge in [0.25, 0.3) is 6.71 Å². The molecule has 0 atom stereocenters. The molecular weight excluding hydrogens is 1460 g/mol. The number of aromatic nitrogens is 2. The standard InChI is InChI=1S/C112H71BN6O/c1-112(2,3)79-62-92(69-22-7-5-8-23-69)111(93(63-79)70-24-9-6-10-25-70)119-104-66-81(116-99-35-18-15-30-89(99)94-56-68(67-114)38-53-101(94)116)47-52-98(104)113-97-51-48-82(117-100-36-19-16-31-90(100)95-64-80(115-4)46-54-102(95)117)65-103(97)118(105-60-78(61-106(119)109(105)113)73-45-55-108-96(59-73)91-32-17-20-37-107(91)120-108)110-87(76-43-49-85-74(57-76)41-39-71-26-11-13-28-83(71)85)33-21-34-88(110)77-44-50-86-75(58-77)42-40-72-27-12-14-29-84(72)86/h5-66H,1-3H3/i15D,16D,18D,19D,30D,31D,35D,36D,38D,46D,53D,54D,56D,60D,61D,64D. The molecule has 0 fully saturated rings. The zero-order valence-electron chi connectivity index (χ0n) is 80.7. The molecule has 0 N–H and O–H groups in total. The average molecular weight is 1540 g/mol. The van der Waals surface area contributed by atoms with Crippen LogP contribution in [0.25, 0.3) is 180 Å². The highest BCUT2D eigenvalue weighted by Gasteiger charge is 2.46. The van der Waals surface area contributed by atoms with Gasteiger partial charge in [-0.15, -0.1) is 0 Å². The maximum Gasteiger partial charge on any atom is 0.252 e. The fourth-order valence-corrected chi connectivity index (χ4v) is 18.8. The molecule has 8 heteroatoms. The van der Waals surface area contributed by atoms with E-state index in [-0.39, 0.29) is 84.0 Å². The van der Waals surface area contributed by atoms with Gasteiger partial charge >= 0.3 is 0 Å². The summed E-state index contributed by atoms with van der Waals surface area (Å²) in [4.78, 5) is 7.84. The summed E-state index contributed by atoms with van der Waals surface area (Å²) in [6, 6.07) is 86.5. The van der Waals surface area contributed by atoms with Crippen molar-refractivity contribution < 1.29 is 26.3 Å². The maximum atomic E-state index is 12.2. The maximum absolute atomic E-state index is 12.2. The van der Waals surface area contributed by atoms with Crippen LogP contribution in [0.15, 0.2) is 380 Å².